The number of nitrogens with one attached hydrogen (secondary N) is 1. The van der Waals surface area contributed by atoms with Gasteiger partial charge in [0.1, 0.15) is 17.2 Å². The number of hydrogen-bond acceptors (Lipinski definition) is 2. The minimum Gasteiger partial charge on any atom is -0.267 e. The SMILES string of the molecule is Cc1cccc(C(=O)N(NC(=O)c2c(F)ccc(C)c2F)C(C)(C)C)c1. The van der Waals surface area contributed by atoms with Crippen LogP contribution in [-0.2, 0) is 0 Å². The van der Waals surface area contributed by atoms with Crippen LogP contribution in [0.15, 0.2) is 36.4 Å². The number of carbonyl (C=O) groups excluding carboxylic acids is 2. The molecule has 0 unspecified atom stereocenters. The van der Waals surface area contributed by atoms with Gasteiger partial charge in [-0.3, -0.25) is 15.0 Å². The van der Waals surface area contributed by atoms with Gasteiger partial charge in [-0.05, 0) is 58.4 Å². The molecule has 2 amide bonds. The summed E-state index contributed by atoms with van der Waals surface area (Å²) in [4.78, 5) is 25.4. The van der Waals surface area contributed by atoms with Crippen molar-refractivity contribution >= 4 is 11.8 Å². The Hall–Kier alpha value is -2.76. The lowest BCUT2D eigenvalue weighted by molar-refractivity contribution is 0.0355. The van der Waals surface area contributed by atoms with Crippen LogP contribution in [0.25, 0.3) is 0 Å². The van der Waals surface area contributed by atoms with Gasteiger partial charge in [0, 0.05) is 5.56 Å². The smallest absolute Gasteiger partial charge is 0.267 e. The first-order valence-electron chi connectivity index (χ1n) is 8.19. The van der Waals surface area contributed by atoms with E-state index in [9.17, 15) is 18.4 Å². The van der Waals surface area contributed by atoms with Gasteiger partial charge in [0.15, 0.2) is 0 Å². The molecule has 138 valence electrons. The Bertz CT molecular complexity index is 857. The molecule has 1 N–H and O–H groups in total. The van der Waals surface area contributed by atoms with Gasteiger partial charge < -0.3 is 0 Å². The van der Waals surface area contributed by atoms with E-state index in [1.54, 1.807) is 39.0 Å². The van der Waals surface area contributed by atoms with E-state index in [1.165, 1.54) is 13.0 Å². The van der Waals surface area contributed by atoms with Crippen molar-refractivity contribution in [3.8, 4) is 0 Å². The molecule has 0 aliphatic rings. The van der Waals surface area contributed by atoms with Crippen LogP contribution < -0.4 is 5.43 Å². The van der Waals surface area contributed by atoms with E-state index in [-0.39, 0.29) is 5.56 Å². The summed E-state index contributed by atoms with van der Waals surface area (Å²) in [6.45, 7) is 8.41. The van der Waals surface area contributed by atoms with Crippen molar-refractivity contribution < 1.29 is 18.4 Å². The third-order valence-electron chi connectivity index (χ3n) is 3.86. The Kier molecular flexibility index (Phi) is 5.44. The topological polar surface area (TPSA) is 49.4 Å². The monoisotopic (exact) mass is 360 g/mol. The van der Waals surface area contributed by atoms with Crippen molar-refractivity contribution in [2.75, 3.05) is 0 Å². The first-order valence-corrected chi connectivity index (χ1v) is 8.19. The van der Waals surface area contributed by atoms with Gasteiger partial charge in [-0.15, -0.1) is 0 Å². The fourth-order valence-corrected chi connectivity index (χ4v) is 2.45. The van der Waals surface area contributed by atoms with Crippen LogP contribution in [0.1, 0.15) is 52.6 Å². The Balaban J connectivity index is 2.40. The number of hydrogen-bond donors (Lipinski definition) is 1. The molecule has 0 heterocycles. The van der Waals surface area contributed by atoms with Crippen molar-refractivity contribution in [2.45, 2.75) is 40.2 Å². The number of rotatable bonds is 2. The van der Waals surface area contributed by atoms with Crippen LogP contribution in [0.4, 0.5) is 8.78 Å². The van der Waals surface area contributed by atoms with Crippen LogP contribution in [0.2, 0.25) is 0 Å². The number of amides is 2. The van der Waals surface area contributed by atoms with Crippen molar-refractivity contribution in [1.82, 2.24) is 10.4 Å². The normalized spacial score (nSPS) is 11.2. The summed E-state index contributed by atoms with van der Waals surface area (Å²) < 4.78 is 28.2. The second-order valence-electron chi connectivity index (χ2n) is 7.18. The summed E-state index contributed by atoms with van der Waals surface area (Å²) >= 11 is 0. The van der Waals surface area contributed by atoms with Crippen molar-refractivity contribution in [1.29, 1.82) is 0 Å². The highest BCUT2D eigenvalue weighted by molar-refractivity contribution is 5.99. The molecule has 4 nitrogen and oxygen atoms in total. The average molecular weight is 360 g/mol. The summed E-state index contributed by atoms with van der Waals surface area (Å²) in [5.41, 5.74) is 2.23. The van der Waals surface area contributed by atoms with Crippen LogP contribution in [-0.4, -0.2) is 22.4 Å². The molecule has 0 atom stereocenters. The highest BCUT2D eigenvalue weighted by atomic mass is 19.1. The summed E-state index contributed by atoms with van der Waals surface area (Å²) in [6, 6.07) is 9.15. The maximum absolute atomic E-state index is 14.2. The molecule has 0 aromatic heterocycles. The van der Waals surface area contributed by atoms with Gasteiger partial charge in [0.25, 0.3) is 11.8 Å². The lowest BCUT2D eigenvalue weighted by Crippen LogP contribution is -2.56. The molecule has 26 heavy (non-hydrogen) atoms. The van der Waals surface area contributed by atoms with Crippen LogP contribution in [0.5, 0.6) is 0 Å². The fourth-order valence-electron chi connectivity index (χ4n) is 2.45. The summed E-state index contributed by atoms with van der Waals surface area (Å²) in [5.74, 6) is -3.41. The van der Waals surface area contributed by atoms with E-state index in [0.29, 0.717) is 5.56 Å². The van der Waals surface area contributed by atoms with Gasteiger partial charge in [-0.2, -0.15) is 0 Å². The van der Waals surface area contributed by atoms with Gasteiger partial charge in [-0.1, -0.05) is 23.8 Å². The molecule has 2 rings (SSSR count). The number of halogens is 2. The zero-order chi connectivity index (χ0) is 19.6. The second-order valence-corrected chi connectivity index (χ2v) is 7.18. The lowest BCUT2D eigenvalue weighted by atomic mass is 10.0. The van der Waals surface area contributed by atoms with Crippen molar-refractivity contribution in [2.24, 2.45) is 0 Å². The van der Waals surface area contributed by atoms with Crippen LogP contribution in [0, 0.1) is 25.5 Å². The van der Waals surface area contributed by atoms with E-state index in [0.717, 1.165) is 16.6 Å². The molecule has 0 spiro atoms. The summed E-state index contributed by atoms with van der Waals surface area (Å²) in [7, 11) is 0. The zero-order valence-corrected chi connectivity index (χ0v) is 15.5. The molecular weight excluding hydrogens is 338 g/mol. The maximum Gasteiger partial charge on any atom is 0.275 e. The molecule has 0 radical (unpaired) electrons. The molecule has 0 aliphatic heterocycles. The van der Waals surface area contributed by atoms with E-state index < -0.39 is 34.6 Å². The first kappa shape index (κ1) is 19.6. The Morgan fingerprint density at radius 2 is 1.69 bits per heavy atom. The quantitative estimate of drug-likeness (QED) is 0.818. The highest BCUT2D eigenvalue weighted by Gasteiger charge is 2.31. The predicted molar refractivity (Wildman–Crippen MR) is 95.7 cm³/mol. The largest absolute Gasteiger partial charge is 0.275 e. The molecule has 0 saturated carbocycles. The molecule has 2 aromatic carbocycles. The van der Waals surface area contributed by atoms with E-state index in [1.807, 2.05) is 13.0 Å². The molecule has 6 heteroatoms. The molecule has 0 aliphatic carbocycles. The Morgan fingerprint density at radius 3 is 2.27 bits per heavy atom. The van der Waals surface area contributed by atoms with Crippen LogP contribution in [0.3, 0.4) is 0 Å². The number of carbonyl (C=O) groups is 2. The fraction of sp³-hybridized carbons (Fsp3) is 0.300. The molecule has 0 bridgehead atoms. The molecular formula is C20H22F2N2O2. The number of nitrogens with zero attached hydrogens (tertiary/aromatic N) is 1. The summed E-state index contributed by atoms with van der Waals surface area (Å²) in [5, 5.41) is 1.09. The Morgan fingerprint density at radius 1 is 1.04 bits per heavy atom. The number of hydrazine groups is 1. The predicted octanol–water partition coefficient (Wildman–Crippen LogP) is 4.17. The van der Waals surface area contributed by atoms with Gasteiger partial charge in [0.05, 0.1) is 5.54 Å². The van der Waals surface area contributed by atoms with E-state index in [2.05, 4.69) is 5.43 Å². The molecule has 2 aromatic rings. The first-order chi connectivity index (χ1) is 12.0. The van der Waals surface area contributed by atoms with Gasteiger partial charge in [-0.25, -0.2) is 13.8 Å². The third-order valence-corrected chi connectivity index (χ3v) is 3.86. The standard InChI is InChI=1S/C20H22F2N2O2/c1-12-7-6-8-14(11-12)19(26)24(20(3,4)5)23-18(25)16-15(21)10-9-13(2)17(16)22/h6-11H,1-5H3,(H,23,25). The minimum atomic E-state index is -1.01. The molecule has 0 saturated heterocycles. The van der Waals surface area contributed by atoms with Crippen molar-refractivity contribution in [3.63, 3.8) is 0 Å². The number of benzene rings is 2. The lowest BCUT2D eigenvalue weighted by Gasteiger charge is -2.35. The van der Waals surface area contributed by atoms with Gasteiger partial charge in [0.2, 0.25) is 0 Å². The highest BCUT2D eigenvalue weighted by Crippen LogP contribution is 2.19. The summed E-state index contributed by atoms with van der Waals surface area (Å²) in [6.07, 6.45) is 0. The second kappa shape index (κ2) is 7.23. The molecule has 0 fully saturated rings. The van der Waals surface area contributed by atoms with E-state index in [4.69, 9.17) is 0 Å². The third kappa shape index (κ3) is 4.07. The van der Waals surface area contributed by atoms with Gasteiger partial charge >= 0.3 is 0 Å². The minimum absolute atomic E-state index is 0.142. The number of aryl methyl sites for hydroxylation is 2. The Labute approximate surface area is 151 Å². The van der Waals surface area contributed by atoms with Crippen LogP contribution >= 0.6 is 0 Å². The average Bonchev–Trinajstić information content (AvgIpc) is 2.55. The van der Waals surface area contributed by atoms with Crippen molar-refractivity contribution in [3.05, 3.63) is 70.3 Å². The zero-order valence-electron chi connectivity index (χ0n) is 15.5. The van der Waals surface area contributed by atoms with E-state index >= 15 is 0 Å². The maximum atomic E-state index is 14.2.